The van der Waals surface area contributed by atoms with E-state index in [9.17, 15) is 4.79 Å². The number of carbonyl (C=O) groups excluding carboxylic acids is 1. The molecule has 5 heteroatoms. The minimum Gasteiger partial charge on any atom is -0.493 e. The lowest BCUT2D eigenvalue weighted by atomic mass is 10.00. The molecule has 160 valence electrons. The molecule has 4 rings (SSSR count). The molecular weight excluding hydrogens is 386 g/mol. The number of anilines is 1. The first-order valence-electron chi connectivity index (χ1n) is 10.6. The van der Waals surface area contributed by atoms with E-state index < -0.39 is 0 Å². The Morgan fingerprint density at radius 1 is 1.29 bits per heavy atom. The van der Waals surface area contributed by atoms with E-state index in [-0.39, 0.29) is 5.91 Å². The zero-order chi connectivity index (χ0) is 22.0. The van der Waals surface area contributed by atoms with Crippen molar-refractivity contribution >= 4 is 22.5 Å². The maximum Gasteiger partial charge on any atom is 0.258 e. The highest BCUT2D eigenvalue weighted by Gasteiger charge is 2.24. The van der Waals surface area contributed by atoms with Crippen molar-refractivity contribution in [3.05, 3.63) is 90.0 Å². The zero-order valence-corrected chi connectivity index (χ0v) is 18.4. The zero-order valence-electron chi connectivity index (χ0n) is 18.4. The van der Waals surface area contributed by atoms with Gasteiger partial charge in [-0.15, -0.1) is 0 Å². The second-order valence-electron chi connectivity index (χ2n) is 7.97. The first kappa shape index (κ1) is 20.9. The Morgan fingerprint density at radius 3 is 2.81 bits per heavy atom. The van der Waals surface area contributed by atoms with E-state index in [2.05, 4.69) is 42.6 Å². The number of nitrogens with one attached hydrogen (secondary N) is 1. The van der Waals surface area contributed by atoms with Gasteiger partial charge in [-0.25, -0.2) is 0 Å². The number of amides is 1. The second-order valence-corrected chi connectivity index (χ2v) is 7.97. The molecule has 5 nitrogen and oxygen atoms in total. The molecule has 1 aromatic heterocycles. The Labute approximate surface area is 183 Å². The third kappa shape index (κ3) is 4.14. The fraction of sp³-hybridized carbons (Fsp3) is 0.269. The van der Waals surface area contributed by atoms with Gasteiger partial charge in [-0.05, 0) is 50.1 Å². The van der Waals surface area contributed by atoms with Gasteiger partial charge in [-0.3, -0.25) is 9.69 Å². The molecule has 2 heterocycles. The van der Waals surface area contributed by atoms with E-state index in [1.165, 1.54) is 22.7 Å². The maximum atomic E-state index is 12.9. The van der Waals surface area contributed by atoms with Gasteiger partial charge in [0.05, 0.1) is 17.0 Å². The van der Waals surface area contributed by atoms with Gasteiger partial charge in [0.2, 0.25) is 0 Å². The molecule has 0 saturated carbocycles. The highest BCUT2D eigenvalue weighted by atomic mass is 16.5. The van der Waals surface area contributed by atoms with Crippen molar-refractivity contribution in [1.29, 1.82) is 0 Å². The monoisotopic (exact) mass is 415 g/mol. The molecule has 3 aromatic rings. The number of nitrogens with zero attached hydrogens (tertiary/aromatic N) is 2. The van der Waals surface area contributed by atoms with Crippen LogP contribution in [0.5, 0.6) is 0 Å². The van der Waals surface area contributed by atoms with Crippen LogP contribution in [0.1, 0.15) is 36.7 Å². The molecule has 0 aliphatic carbocycles. The first-order chi connectivity index (χ1) is 15.0. The number of aromatic nitrogens is 1. The van der Waals surface area contributed by atoms with Crippen molar-refractivity contribution < 1.29 is 9.53 Å². The van der Waals surface area contributed by atoms with Crippen LogP contribution >= 0.6 is 0 Å². The predicted octanol–water partition coefficient (Wildman–Crippen LogP) is 4.98. The van der Waals surface area contributed by atoms with Crippen LogP contribution in [0.4, 0.5) is 5.69 Å². The summed E-state index contributed by atoms with van der Waals surface area (Å²) in [6.07, 6.45) is 4.08. The van der Waals surface area contributed by atoms with E-state index in [0.717, 1.165) is 29.7 Å². The van der Waals surface area contributed by atoms with Crippen LogP contribution in [0.15, 0.2) is 73.1 Å². The molecule has 0 saturated heterocycles. The summed E-state index contributed by atoms with van der Waals surface area (Å²) in [6, 6.07) is 16.4. The number of allylic oxidation sites excluding steroid dienone is 1. The molecule has 0 fully saturated rings. The molecule has 0 spiro atoms. The summed E-state index contributed by atoms with van der Waals surface area (Å²) in [5.74, 6) is 0.380. The van der Waals surface area contributed by atoms with Crippen LogP contribution in [-0.4, -0.2) is 17.0 Å². The van der Waals surface area contributed by atoms with Gasteiger partial charge < -0.3 is 14.6 Å². The molecule has 1 aliphatic heterocycles. The molecule has 31 heavy (non-hydrogen) atoms. The molecule has 1 amide bonds. The molecule has 1 aliphatic rings. The smallest absolute Gasteiger partial charge is 0.258 e. The topological polar surface area (TPSA) is 46.5 Å². The van der Waals surface area contributed by atoms with Crippen LogP contribution in [0, 0.1) is 0 Å². The molecule has 1 N–H and O–H groups in total. The highest BCUT2D eigenvalue weighted by Crippen LogP contribution is 2.34. The average Bonchev–Trinajstić information content (AvgIpc) is 3.06. The summed E-state index contributed by atoms with van der Waals surface area (Å²) in [6.45, 7) is 9.26. The van der Waals surface area contributed by atoms with Gasteiger partial charge >= 0.3 is 0 Å². The van der Waals surface area contributed by atoms with Gasteiger partial charge in [-0.1, -0.05) is 43.0 Å². The summed E-state index contributed by atoms with van der Waals surface area (Å²) in [7, 11) is 2.09. The van der Waals surface area contributed by atoms with Gasteiger partial charge in [-0.2, -0.15) is 0 Å². The lowest BCUT2D eigenvalue weighted by molar-refractivity contribution is -0.113. The van der Waals surface area contributed by atoms with E-state index in [0.29, 0.717) is 18.4 Å². The largest absolute Gasteiger partial charge is 0.493 e. The summed E-state index contributed by atoms with van der Waals surface area (Å²) in [5.41, 5.74) is 5.69. The standard InChI is InChI=1S/C26H29N3O2/c1-5-29(25(30)15-18(2)31-17-20-9-7-6-8-10-20)21-11-12-22-23-13-14-27-19(3)26(23)28(4)24(22)16-21/h5-12,15-16,19,27H,1,13-14,17H2,2-4H3/b18-15+. The number of fused-ring (bicyclic) bond motifs is 3. The Bertz CT molecular complexity index is 1140. The molecule has 1 atom stereocenters. The number of benzene rings is 2. The third-order valence-corrected chi connectivity index (χ3v) is 5.91. The maximum absolute atomic E-state index is 12.9. The second kappa shape index (κ2) is 8.82. The number of hydrogen-bond donors (Lipinski definition) is 1. The quantitative estimate of drug-likeness (QED) is 0.456. The summed E-state index contributed by atoms with van der Waals surface area (Å²) in [4.78, 5) is 14.5. The van der Waals surface area contributed by atoms with Gasteiger partial charge in [0.15, 0.2) is 0 Å². The van der Waals surface area contributed by atoms with Crippen molar-refractivity contribution in [3.63, 3.8) is 0 Å². The summed E-state index contributed by atoms with van der Waals surface area (Å²) >= 11 is 0. The predicted molar refractivity (Wildman–Crippen MR) is 126 cm³/mol. The SMILES string of the molecule is C=CN(C(=O)/C=C(\C)OCc1ccccc1)c1ccc2c3c(n(C)c2c1)C(C)NCC3. The molecule has 0 radical (unpaired) electrons. The Kier molecular flexibility index (Phi) is 5.96. The van der Waals surface area contributed by atoms with Crippen molar-refractivity contribution in [2.75, 3.05) is 11.4 Å². The van der Waals surface area contributed by atoms with Crippen LogP contribution < -0.4 is 10.2 Å². The van der Waals surface area contributed by atoms with Gasteiger partial charge in [0.1, 0.15) is 6.61 Å². The number of rotatable bonds is 6. The fourth-order valence-corrected chi connectivity index (χ4v) is 4.38. The highest BCUT2D eigenvalue weighted by molar-refractivity contribution is 6.04. The normalized spacial score (nSPS) is 16.1. The van der Waals surface area contributed by atoms with Crippen LogP contribution in [0.25, 0.3) is 10.9 Å². The van der Waals surface area contributed by atoms with Crippen molar-refractivity contribution in [1.82, 2.24) is 9.88 Å². The average molecular weight is 416 g/mol. The minimum absolute atomic E-state index is 0.186. The lowest BCUT2D eigenvalue weighted by Gasteiger charge is -2.22. The Balaban J connectivity index is 1.57. The van der Waals surface area contributed by atoms with Crippen molar-refractivity contribution in [3.8, 4) is 0 Å². The number of aryl methyl sites for hydroxylation is 1. The van der Waals surface area contributed by atoms with E-state index in [1.807, 2.05) is 36.4 Å². The molecule has 2 aromatic carbocycles. The molecule has 0 bridgehead atoms. The van der Waals surface area contributed by atoms with Crippen molar-refractivity contribution in [2.45, 2.75) is 32.9 Å². The third-order valence-electron chi connectivity index (χ3n) is 5.91. The fourth-order valence-electron chi connectivity index (χ4n) is 4.38. The van der Waals surface area contributed by atoms with Gasteiger partial charge in [0, 0.05) is 36.4 Å². The number of carbonyl (C=O) groups is 1. The summed E-state index contributed by atoms with van der Waals surface area (Å²) in [5, 5.41) is 4.78. The van der Waals surface area contributed by atoms with E-state index in [1.54, 1.807) is 18.0 Å². The Morgan fingerprint density at radius 2 is 2.06 bits per heavy atom. The van der Waals surface area contributed by atoms with Crippen LogP contribution in [0.2, 0.25) is 0 Å². The van der Waals surface area contributed by atoms with E-state index >= 15 is 0 Å². The minimum atomic E-state index is -0.186. The van der Waals surface area contributed by atoms with Gasteiger partial charge in [0.25, 0.3) is 5.91 Å². The van der Waals surface area contributed by atoms with E-state index in [4.69, 9.17) is 4.74 Å². The molecular formula is C26H29N3O2. The number of ether oxygens (including phenoxy) is 1. The number of hydrogen-bond acceptors (Lipinski definition) is 3. The van der Waals surface area contributed by atoms with Crippen LogP contribution in [0.3, 0.4) is 0 Å². The first-order valence-corrected chi connectivity index (χ1v) is 10.6. The van der Waals surface area contributed by atoms with Crippen molar-refractivity contribution in [2.24, 2.45) is 7.05 Å². The lowest BCUT2D eigenvalue weighted by Crippen LogP contribution is -2.28. The van der Waals surface area contributed by atoms with Crippen LogP contribution in [-0.2, 0) is 29.6 Å². The Hall–Kier alpha value is -3.31. The molecule has 1 unspecified atom stereocenters. The summed E-state index contributed by atoms with van der Waals surface area (Å²) < 4.78 is 7.99.